The molecule has 0 N–H and O–H groups in total. The lowest BCUT2D eigenvalue weighted by atomic mass is 10.1. The molecule has 1 aliphatic rings. The molecule has 0 fully saturated rings. The zero-order valence-corrected chi connectivity index (χ0v) is 14.9. The van der Waals surface area contributed by atoms with Crippen LogP contribution in [0.1, 0.15) is 12.5 Å². The topological polar surface area (TPSA) is 41.9 Å². The third-order valence-corrected chi connectivity index (χ3v) is 4.21. The maximum Gasteiger partial charge on any atom is 0.363 e. The Bertz CT molecular complexity index is 968. The first-order chi connectivity index (χ1) is 13.2. The molecule has 27 heavy (non-hydrogen) atoms. The summed E-state index contributed by atoms with van der Waals surface area (Å²) in [6.45, 7) is 1.67. The molecule has 0 saturated carbocycles. The van der Waals surface area contributed by atoms with Crippen LogP contribution in [-0.2, 0) is 9.53 Å². The number of nitrogens with zero attached hydrogens (tertiary/aromatic N) is 2. The zero-order chi connectivity index (χ0) is 18.6. The number of para-hydroxylation sites is 2. The quantitative estimate of drug-likeness (QED) is 0.461. The van der Waals surface area contributed by atoms with E-state index in [1.54, 1.807) is 13.0 Å². The molecule has 1 aliphatic heterocycles. The first-order valence-electron chi connectivity index (χ1n) is 8.70. The summed E-state index contributed by atoms with van der Waals surface area (Å²) in [5, 5.41) is 0. The lowest BCUT2D eigenvalue weighted by Crippen LogP contribution is -2.09. The van der Waals surface area contributed by atoms with E-state index in [1.165, 1.54) is 0 Å². The maximum atomic E-state index is 11.7. The minimum Gasteiger partial charge on any atom is -0.407 e. The van der Waals surface area contributed by atoms with Gasteiger partial charge in [-0.25, -0.2) is 9.79 Å². The van der Waals surface area contributed by atoms with E-state index in [4.69, 9.17) is 4.74 Å². The SMILES string of the molecule is CC1=N/C(=C\c2ccc(N(c3ccccc3)c3ccccc3)cc2)C(=O)O1. The molecule has 132 valence electrons. The van der Waals surface area contributed by atoms with Gasteiger partial charge >= 0.3 is 5.97 Å². The van der Waals surface area contributed by atoms with E-state index in [-0.39, 0.29) is 0 Å². The van der Waals surface area contributed by atoms with Crippen molar-refractivity contribution >= 4 is 35.0 Å². The van der Waals surface area contributed by atoms with Gasteiger partial charge in [-0.15, -0.1) is 0 Å². The second-order valence-electron chi connectivity index (χ2n) is 6.15. The van der Waals surface area contributed by atoms with E-state index in [0.29, 0.717) is 11.6 Å². The summed E-state index contributed by atoms with van der Waals surface area (Å²) >= 11 is 0. The van der Waals surface area contributed by atoms with Gasteiger partial charge in [0, 0.05) is 24.0 Å². The molecule has 4 nitrogen and oxygen atoms in total. The number of ether oxygens (including phenoxy) is 1. The van der Waals surface area contributed by atoms with Crippen LogP contribution in [0.15, 0.2) is 95.6 Å². The van der Waals surface area contributed by atoms with Crippen LogP contribution in [0.5, 0.6) is 0 Å². The van der Waals surface area contributed by atoms with Gasteiger partial charge in [-0.05, 0) is 48.0 Å². The highest BCUT2D eigenvalue weighted by Gasteiger charge is 2.19. The Morgan fingerprint density at radius 1 is 0.778 bits per heavy atom. The van der Waals surface area contributed by atoms with Crippen LogP contribution in [0.4, 0.5) is 17.1 Å². The van der Waals surface area contributed by atoms with E-state index in [2.05, 4.69) is 34.2 Å². The summed E-state index contributed by atoms with van der Waals surface area (Å²) < 4.78 is 4.96. The molecular weight excluding hydrogens is 336 g/mol. The van der Waals surface area contributed by atoms with Gasteiger partial charge in [0.05, 0.1) is 0 Å². The van der Waals surface area contributed by atoms with E-state index >= 15 is 0 Å². The molecule has 0 amide bonds. The summed E-state index contributed by atoms with van der Waals surface area (Å²) in [6.07, 6.45) is 1.73. The minimum atomic E-state index is -0.410. The predicted molar refractivity (Wildman–Crippen MR) is 108 cm³/mol. The largest absolute Gasteiger partial charge is 0.407 e. The third-order valence-electron chi connectivity index (χ3n) is 4.21. The van der Waals surface area contributed by atoms with Crippen LogP contribution in [-0.4, -0.2) is 11.9 Å². The number of carbonyl (C=O) groups excluding carboxylic acids is 1. The Morgan fingerprint density at radius 2 is 1.30 bits per heavy atom. The Hall–Kier alpha value is -3.66. The number of hydrogen-bond acceptors (Lipinski definition) is 4. The van der Waals surface area contributed by atoms with Gasteiger partial charge in [-0.2, -0.15) is 0 Å². The average Bonchev–Trinajstić information content (AvgIpc) is 3.02. The summed E-state index contributed by atoms with van der Waals surface area (Å²) in [4.78, 5) is 18.0. The summed E-state index contributed by atoms with van der Waals surface area (Å²) in [7, 11) is 0. The Morgan fingerprint density at radius 3 is 1.78 bits per heavy atom. The highest BCUT2D eigenvalue weighted by molar-refractivity contribution is 6.06. The van der Waals surface area contributed by atoms with Gasteiger partial charge in [-0.3, -0.25) is 0 Å². The van der Waals surface area contributed by atoms with Gasteiger partial charge in [0.1, 0.15) is 0 Å². The third kappa shape index (κ3) is 3.65. The van der Waals surface area contributed by atoms with Crippen molar-refractivity contribution in [2.24, 2.45) is 4.99 Å². The summed E-state index contributed by atoms with van der Waals surface area (Å²) in [5.74, 6) is -0.0334. The second-order valence-corrected chi connectivity index (χ2v) is 6.15. The Kier molecular flexibility index (Phi) is 4.54. The first kappa shape index (κ1) is 16.8. The second kappa shape index (κ2) is 7.30. The van der Waals surface area contributed by atoms with E-state index in [0.717, 1.165) is 22.6 Å². The standard InChI is InChI=1S/C23H18N2O2/c1-17-24-22(23(26)27-17)16-18-12-14-21(15-13-18)25(19-8-4-2-5-9-19)20-10-6-3-7-11-20/h2-16H,1H3/b22-16-. The molecule has 0 unspecified atom stereocenters. The van der Waals surface area contributed by atoms with E-state index < -0.39 is 5.97 Å². The summed E-state index contributed by atoms with van der Waals surface area (Å²) in [5.41, 5.74) is 4.40. The molecule has 0 aromatic heterocycles. The Balaban J connectivity index is 1.70. The van der Waals surface area contributed by atoms with Crippen molar-refractivity contribution in [3.05, 3.63) is 96.2 Å². The van der Waals surface area contributed by atoms with Crippen molar-refractivity contribution in [2.45, 2.75) is 6.92 Å². The first-order valence-corrected chi connectivity index (χ1v) is 8.70. The van der Waals surface area contributed by atoms with Crippen molar-refractivity contribution in [2.75, 3.05) is 4.90 Å². The number of rotatable bonds is 4. The molecule has 0 aliphatic carbocycles. The van der Waals surface area contributed by atoms with Crippen LogP contribution in [0.25, 0.3) is 6.08 Å². The monoisotopic (exact) mass is 354 g/mol. The van der Waals surface area contributed by atoms with Crippen LogP contribution in [0, 0.1) is 0 Å². The number of cyclic esters (lactones) is 1. The number of hydrogen-bond donors (Lipinski definition) is 0. The van der Waals surface area contributed by atoms with Crippen molar-refractivity contribution < 1.29 is 9.53 Å². The van der Waals surface area contributed by atoms with Crippen molar-refractivity contribution in [1.82, 2.24) is 0 Å². The van der Waals surface area contributed by atoms with Crippen molar-refractivity contribution in [3.8, 4) is 0 Å². The fraction of sp³-hybridized carbons (Fsp3) is 0.0435. The molecule has 0 radical (unpaired) electrons. The fourth-order valence-corrected chi connectivity index (χ4v) is 2.99. The Labute approximate surface area is 158 Å². The number of anilines is 3. The smallest absolute Gasteiger partial charge is 0.363 e. The van der Waals surface area contributed by atoms with Crippen molar-refractivity contribution in [1.29, 1.82) is 0 Å². The molecule has 4 heteroatoms. The van der Waals surface area contributed by atoms with Crippen LogP contribution < -0.4 is 4.90 Å². The van der Waals surface area contributed by atoms with Crippen molar-refractivity contribution in [3.63, 3.8) is 0 Å². The van der Waals surface area contributed by atoms with Crippen LogP contribution >= 0.6 is 0 Å². The predicted octanol–water partition coefficient (Wildman–Crippen LogP) is 5.47. The van der Waals surface area contributed by atoms with Gasteiger partial charge in [-0.1, -0.05) is 48.5 Å². The van der Waals surface area contributed by atoms with Gasteiger partial charge in [0.2, 0.25) is 0 Å². The normalized spacial score (nSPS) is 14.8. The summed E-state index contributed by atoms with van der Waals surface area (Å²) in [6, 6.07) is 28.4. The van der Waals surface area contributed by atoms with Crippen LogP contribution in [0.3, 0.4) is 0 Å². The molecule has 0 atom stereocenters. The number of benzene rings is 3. The number of esters is 1. The van der Waals surface area contributed by atoms with E-state index in [9.17, 15) is 4.79 Å². The fourth-order valence-electron chi connectivity index (χ4n) is 2.99. The number of carbonyl (C=O) groups is 1. The lowest BCUT2D eigenvalue weighted by Gasteiger charge is -2.25. The van der Waals surface area contributed by atoms with Gasteiger partial charge < -0.3 is 9.64 Å². The molecule has 0 spiro atoms. The molecule has 0 bridgehead atoms. The molecular formula is C23H18N2O2. The average molecular weight is 354 g/mol. The maximum absolute atomic E-state index is 11.7. The van der Waals surface area contributed by atoms with Gasteiger partial charge in [0.15, 0.2) is 11.6 Å². The molecule has 1 heterocycles. The van der Waals surface area contributed by atoms with E-state index in [1.807, 2.05) is 60.7 Å². The highest BCUT2D eigenvalue weighted by atomic mass is 16.6. The lowest BCUT2D eigenvalue weighted by molar-refractivity contribution is -0.130. The molecule has 4 rings (SSSR count). The van der Waals surface area contributed by atoms with Crippen LogP contribution in [0.2, 0.25) is 0 Å². The minimum absolute atomic E-state index is 0.322. The molecule has 3 aromatic carbocycles. The highest BCUT2D eigenvalue weighted by Crippen LogP contribution is 2.34. The number of aliphatic imine (C=N–C) groups is 1. The van der Waals surface area contributed by atoms with Gasteiger partial charge in [0.25, 0.3) is 0 Å². The molecule has 0 saturated heterocycles. The zero-order valence-electron chi connectivity index (χ0n) is 14.9. The molecule has 3 aromatic rings.